The zero-order valence-electron chi connectivity index (χ0n) is 11.6. The molecule has 1 aromatic carbocycles. The highest BCUT2D eigenvalue weighted by Crippen LogP contribution is 2.19. The van der Waals surface area contributed by atoms with E-state index in [2.05, 4.69) is 0 Å². The van der Waals surface area contributed by atoms with E-state index in [1.165, 1.54) is 13.2 Å². The van der Waals surface area contributed by atoms with Gasteiger partial charge in [0.25, 0.3) is 0 Å². The van der Waals surface area contributed by atoms with Gasteiger partial charge in [0.2, 0.25) is 5.91 Å². The second-order valence-electron chi connectivity index (χ2n) is 4.45. The quantitative estimate of drug-likeness (QED) is 0.857. The van der Waals surface area contributed by atoms with Gasteiger partial charge in [0.05, 0.1) is 13.7 Å². The summed E-state index contributed by atoms with van der Waals surface area (Å²) < 4.78 is 18.5. The van der Waals surface area contributed by atoms with E-state index in [0.29, 0.717) is 6.54 Å². The predicted molar refractivity (Wildman–Crippen MR) is 72.3 cm³/mol. The monoisotopic (exact) mass is 268 g/mol. The summed E-state index contributed by atoms with van der Waals surface area (Å²) in [6, 6.07) is 4.77. The number of carbonyl (C=O) groups is 1. The molecule has 0 aromatic heterocycles. The molecule has 0 radical (unpaired) electrons. The van der Waals surface area contributed by atoms with Gasteiger partial charge in [0, 0.05) is 12.6 Å². The Morgan fingerprint density at radius 1 is 1.53 bits per heavy atom. The summed E-state index contributed by atoms with van der Waals surface area (Å²) in [7, 11) is 1.42. The van der Waals surface area contributed by atoms with E-state index in [4.69, 9.17) is 10.5 Å². The van der Waals surface area contributed by atoms with Crippen molar-refractivity contribution in [1.82, 2.24) is 4.90 Å². The minimum atomic E-state index is -0.427. The van der Waals surface area contributed by atoms with Crippen molar-refractivity contribution in [3.05, 3.63) is 29.6 Å². The van der Waals surface area contributed by atoms with E-state index in [1.54, 1.807) is 17.0 Å². The number of hydrogen-bond donors (Lipinski definition) is 1. The molecule has 19 heavy (non-hydrogen) atoms. The standard InChI is InChI=1S/C14H21FN2O2/c1-4-10(2)17(14(18)8-16)9-11-5-6-13(19-3)12(15)7-11/h5-7,10H,4,8-9,16H2,1-3H3. The van der Waals surface area contributed by atoms with E-state index in [1.807, 2.05) is 13.8 Å². The van der Waals surface area contributed by atoms with E-state index in [9.17, 15) is 9.18 Å². The minimum absolute atomic E-state index is 0.0387. The molecule has 1 atom stereocenters. The lowest BCUT2D eigenvalue weighted by Crippen LogP contribution is -2.41. The molecule has 1 amide bonds. The van der Waals surface area contributed by atoms with E-state index < -0.39 is 5.82 Å². The van der Waals surface area contributed by atoms with Crippen molar-refractivity contribution >= 4 is 5.91 Å². The van der Waals surface area contributed by atoms with Crippen LogP contribution < -0.4 is 10.5 Å². The van der Waals surface area contributed by atoms with Crippen molar-refractivity contribution in [1.29, 1.82) is 0 Å². The Morgan fingerprint density at radius 2 is 2.21 bits per heavy atom. The van der Waals surface area contributed by atoms with Gasteiger partial charge in [0.15, 0.2) is 11.6 Å². The maximum absolute atomic E-state index is 13.6. The number of rotatable bonds is 6. The fourth-order valence-corrected chi connectivity index (χ4v) is 1.83. The molecule has 0 aliphatic heterocycles. The molecular formula is C14H21FN2O2. The topological polar surface area (TPSA) is 55.6 Å². The van der Waals surface area contributed by atoms with Crippen LogP contribution in [0.15, 0.2) is 18.2 Å². The number of nitrogens with two attached hydrogens (primary N) is 1. The number of halogens is 1. The third-order valence-electron chi connectivity index (χ3n) is 3.19. The van der Waals surface area contributed by atoms with Crippen molar-refractivity contribution in [3.8, 4) is 5.75 Å². The first kappa shape index (κ1) is 15.4. The van der Waals surface area contributed by atoms with E-state index in [0.717, 1.165) is 12.0 Å². The predicted octanol–water partition coefficient (Wildman–Crippen LogP) is 1.92. The molecule has 2 N–H and O–H groups in total. The van der Waals surface area contributed by atoms with Crippen molar-refractivity contribution in [3.63, 3.8) is 0 Å². The van der Waals surface area contributed by atoms with Gasteiger partial charge >= 0.3 is 0 Å². The van der Waals surface area contributed by atoms with Crippen LogP contribution in [0.3, 0.4) is 0 Å². The van der Waals surface area contributed by atoms with Gasteiger partial charge in [-0.05, 0) is 31.0 Å². The van der Waals surface area contributed by atoms with Crippen LogP contribution in [0.25, 0.3) is 0 Å². The summed E-state index contributed by atoms with van der Waals surface area (Å²) in [6.45, 7) is 4.26. The van der Waals surface area contributed by atoms with E-state index in [-0.39, 0.29) is 24.2 Å². The van der Waals surface area contributed by atoms with Crippen LogP contribution in [0.1, 0.15) is 25.8 Å². The molecule has 0 saturated carbocycles. The van der Waals surface area contributed by atoms with E-state index >= 15 is 0 Å². The molecule has 0 aliphatic rings. The van der Waals surface area contributed by atoms with Gasteiger partial charge in [-0.1, -0.05) is 13.0 Å². The maximum atomic E-state index is 13.6. The molecule has 0 bridgehead atoms. The van der Waals surface area contributed by atoms with Crippen molar-refractivity contribution in [2.45, 2.75) is 32.9 Å². The third-order valence-corrected chi connectivity index (χ3v) is 3.19. The highest BCUT2D eigenvalue weighted by atomic mass is 19.1. The van der Waals surface area contributed by atoms with Crippen LogP contribution in [-0.2, 0) is 11.3 Å². The Balaban J connectivity index is 2.90. The molecule has 1 unspecified atom stereocenters. The number of ether oxygens (including phenoxy) is 1. The highest BCUT2D eigenvalue weighted by molar-refractivity contribution is 5.78. The number of hydrogen-bond acceptors (Lipinski definition) is 3. The summed E-state index contributed by atoms with van der Waals surface area (Å²) >= 11 is 0. The second-order valence-corrected chi connectivity index (χ2v) is 4.45. The number of carbonyl (C=O) groups excluding carboxylic acids is 1. The molecule has 1 aromatic rings. The Morgan fingerprint density at radius 3 is 2.68 bits per heavy atom. The van der Waals surface area contributed by atoms with Gasteiger partial charge in [-0.3, -0.25) is 4.79 Å². The molecule has 5 heteroatoms. The average Bonchev–Trinajstić information content (AvgIpc) is 2.43. The molecular weight excluding hydrogens is 247 g/mol. The molecule has 0 heterocycles. The summed E-state index contributed by atoms with van der Waals surface area (Å²) in [5.41, 5.74) is 6.13. The van der Waals surface area contributed by atoms with Crippen LogP contribution in [0.2, 0.25) is 0 Å². The molecule has 1 rings (SSSR count). The van der Waals surface area contributed by atoms with Crippen LogP contribution in [-0.4, -0.2) is 30.5 Å². The zero-order chi connectivity index (χ0) is 14.4. The number of amides is 1. The lowest BCUT2D eigenvalue weighted by Gasteiger charge is -2.28. The molecule has 0 saturated heterocycles. The fraction of sp³-hybridized carbons (Fsp3) is 0.500. The Labute approximate surface area is 113 Å². The zero-order valence-corrected chi connectivity index (χ0v) is 11.6. The summed E-state index contributed by atoms with van der Waals surface area (Å²) in [5, 5.41) is 0. The smallest absolute Gasteiger partial charge is 0.236 e. The van der Waals surface area contributed by atoms with Gasteiger partial charge in [-0.15, -0.1) is 0 Å². The maximum Gasteiger partial charge on any atom is 0.236 e. The molecule has 0 fully saturated rings. The summed E-state index contributed by atoms with van der Waals surface area (Å²) in [6.07, 6.45) is 0.824. The van der Waals surface area contributed by atoms with Crippen LogP contribution in [0, 0.1) is 5.82 Å². The average molecular weight is 268 g/mol. The number of nitrogens with zero attached hydrogens (tertiary/aromatic N) is 1. The number of methoxy groups -OCH3 is 1. The Kier molecular flexibility index (Phi) is 5.76. The van der Waals surface area contributed by atoms with Crippen LogP contribution in [0.5, 0.6) is 5.75 Å². The first-order valence-electron chi connectivity index (χ1n) is 6.35. The lowest BCUT2D eigenvalue weighted by molar-refractivity contribution is -0.132. The SMILES string of the molecule is CCC(C)N(Cc1ccc(OC)c(F)c1)C(=O)CN. The lowest BCUT2D eigenvalue weighted by atomic mass is 10.1. The molecule has 0 aliphatic carbocycles. The largest absolute Gasteiger partial charge is 0.494 e. The van der Waals surface area contributed by atoms with Gasteiger partial charge in [-0.2, -0.15) is 0 Å². The van der Waals surface area contributed by atoms with Crippen molar-refractivity contribution in [2.75, 3.05) is 13.7 Å². The third kappa shape index (κ3) is 3.92. The summed E-state index contributed by atoms with van der Waals surface area (Å²) in [5.74, 6) is -0.362. The molecule has 106 valence electrons. The first-order valence-corrected chi connectivity index (χ1v) is 6.35. The van der Waals surface area contributed by atoms with Crippen LogP contribution in [0.4, 0.5) is 4.39 Å². The number of benzene rings is 1. The highest BCUT2D eigenvalue weighted by Gasteiger charge is 2.18. The van der Waals surface area contributed by atoms with Crippen LogP contribution >= 0.6 is 0 Å². The minimum Gasteiger partial charge on any atom is -0.494 e. The van der Waals surface area contributed by atoms with Gasteiger partial charge in [-0.25, -0.2) is 4.39 Å². The normalized spacial score (nSPS) is 12.1. The Bertz CT molecular complexity index is 437. The Hall–Kier alpha value is -1.62. The summed E-state index contributed by atoms with van der Waals surface area (Å²) in [4.78, 5) is 13.5. The second kappa shape index (κ2) is 7.09. The molecule has 4 nitrogen and oxygen atoms in total. The van der Waals surface area contributed by atoms with Gasteiger partial charge < -0.3 is 15.4 Å². The van der Waals surface area contributed by atoms with Crippen molar-refractivity contribution < 1.29 is 13.9 Å². The first-order chi connectivity index (χ1) is 9.03. The molecule has 0 spiro atoms. The fourth-order valence-electron chi connectivity index (χ4n) is 1.83. The van der Waals surface area contributed by atoms with Crippen molar-refractivity contribution in [2.24, 2.45) is 5.73 Å². The van der Waals surface area contributed by atoms with Gasteiger partial charge in [0.1, 0.15) is 0 Å².